The summed E-state index contributed by atoms with van der Waals surface area (Å²) < 4.78 is 5.83. The van der Waals surface area contributed by atoms with Crippen LogP contribution in [0.5, 0.6) is 5.75 Å². The Bertz CT molecular complexity index is 713. The maximum atomic E-state index is 10.5. The van der Waals surface area contributed by atoms with Gasteiger partial charge >= 0.3 is 6.03 Å². The fraction of sp³-hybridized carbons (Fsp3) is 0.200. The van der Waals surface area contributed by atoms with Gasteiger partial charge in [0.2, 0.25) is 0 Å². The number of ether oxygens (including phenoxy) is 1. The van der Waals surface area contributed by atoms with Gasteiger partial charge in [-0.25, -0.2) is 10.2 Å². The normalized spacial score (nSPS) is 10.9. The molecule has 0 radical (unpaired) electrons. The highest BCUT2D eigenvalue weighted by Crippen LogP contribution is 2.25. The lowest BCUT2D eigenvalue weighted by Gasteiger charge is -2.09. The molecule has 7 heteroatoms. The molecule has 5 nitrogen and oxygen atoms in total. The largest absolute Gasteiger partial charge is 0.489 e. The molecule has 2 aromatic rings. The molecular formula is C15H16ClN3O2S. The first-order valence-corrected chi connectivity index (χ1v) is 7.72. The first kappa shape index (κ1) is 16.3. The van der Waals surface area contributed by atoms with E-state index in [0.717, 1.165) is 26.6 Å². The van der Waals surface area contributed by atoms with Crippen LogP contribution in [0, 0.1) is 13.8 Å². The van der Waals surface area contributed by atoms with E-state index in [1.807, 2.05) is 32.0 Å². The number of hydrazone groups is 1. The van der Waals surface area contributed by atoms with Crippen molar-refractivity contribution < 1.29 is 9.53 Å². The van der Waals surface area contributed by atoms with E-state index in [2.05, 4.69) is 10.5 Å². The van der Waals surface area contributed by atoms with Crippen LogP contribution in [0.15, 0.2) is 29.4 Å². The van der Waals surface area contributed by atoms with Crippen LogP contribution in [-0.2, 0) is 6.61 Å². The van der Waals surface area contributed by atoms with Crippen molar-refractivity contribution in [2.45, 2.75) is 20.5 Å². The minimum atomic E-state index is -0.689. The number of nitrogens with two attached hydrogens (primary N) is 1. The summed E-state index contributed by atoms with van der Waals surface area (Å²) in [7, 11) is 0. The molecule has 0 fully saturated rings. The predicted octanol–water partition coefficient (Wildman–Crippen LogP) is 3.60. The predicted molar refractivity (Wildman–Crippen MR) is 89.9 cm³/mol. The lowest BCUT2D eigenvalue weighted by atomic mass is 10.2. The standard InChI is InChI=1S/C15H16ClN3O2S/c1-9-5-12(16)3-4-14(9)21-8-11-6-13(22-10(11)2)7-18-19-15(17)20/h3-7H,8H2,1-2H3,(H3,17,19,20)/b18-7+. The molecule has 1 heterocycles. The van der Waals surface area contributed by atoms with E-state index in [0.29, 0.717) is 11.6 Å². The third-order valence-electron chi connectivity index (χ3n) is 2.93. The molecule has 0 unspecified atom stereocenters. The van der Waals surface area contributed by atoms with E-state index < -0.39 is 6.03 Å². The summed E-state index contributed by atoms with van der Waals surface area (Å²) in [5, 5.41) is 4.43. The number of thiophene rings is 1. The zero-order valence-electron chi connectivity index (χ0n) is 12.2. The molecule has 1 aromatic carbocycles. The van der Waals surface area contributed by atoms with Crippen LogP contribution in [0.1, 0.15) is 20.9 Å². The Balaban J connectivity index is 2.02. The first-order chi connectivity index (χ1) is 10.5. The second-order valence-electron chi connectivity index (χ2n) is 4.66. The van der Waals surface area contributed by atoms with Gasteiger partial charge in [0, 0.05) is 20.3 Å². The van der Waals surface area contributed by atoms with Crippen LogP contribution >= 0.6 is 22.9 Å². The number of benzene rings is 1. The quantitative estimate of drug-likeness (QED) is 0.646. The maximum Gasteiger partial charge on any atom is 0.332 e. The number of aryl methyl sites for hydroxylation is 2. The van der Waals surface area contributed by atoms with Crippen LogP contribution in [0.2, 0.25) is 5.02 Å². The summed E-state index contributed by atoms with van der Waals surface area (Å²) in [6, 6.07) is 6.81. The highest BCUT2D eigenvalue weighted by molar-refractivity contribution is 7.13. The number of nitrogens with one attached hydrogen (secondary N) is 1. The average molecular weight is 338 g/mol. The van der Waals surface area contributed by atoms with Crippen LogP contribution in [-0.4, -0.2) is 12.2 Å². The topological polar surface area (TPSA) is 76.7 Å². The highest BCUT2D eigenvalue weighted by Gasteiger charge is 2.07. The van der Waals surface area contributed by atoms with Gasteiger partial charge in [-0.3, -0.25) is 0 Å². The molecule has 0 spiro atoms. The van der Waals surface area contributed by atoms with Crippen LogP contribution in [0.3, 0.4) is 0 Å². The molecule has 0 aliphatic rings. The molecule has 2 rings (SSSR count). The van der Waals surface area contributed by atoms with E-state index in [1.165, 1.54) is 0 Å². The molecule has 0 saturated heterocycles. The number of primary amides is 1. The number of carbonyl (C=O) groups is 1. The van der Waals surface area contributed by atoms with Crippen molar-refractivity contribution in [2.75, 3.05) is 0 Å². The lowest BCUT2D eigenvalue weighted by Crippen LogP contribution is -2.24. The Hall–Kier alpha value is -2.05. The molecule has 1 aromatic heterocycles. The van der Waals surface area contributed by atoms with Crippen molar-refractivity contribution >= 4 is 35.2 Å². The molecule has 0 aliphatic carbocycles. The zero-order valence-corrected chi connectivity index (χ0v) is 13.8. The highest BCUT2D eigenvalue weighted by atomic mass is 35.5. The van der Waals surface area contributed by atoms with Gasteiger partial charge in [0.05, 0.1) is 6.21 Å². The van der Waals surface area contributed by atoms with E-state index in [9.17, 15) is 4.79 Å². The molecule has 0 atom stereocenters. The minimum Gasteiger partial charge on any atom is -0.489 e. The molecule has 0 bridgehead atoms. The van der Waals surface area contributed by atoms with Crippen LogP contribution in [0.4, 0.5) is 4.79 Å². The van der Waals surface area contributed by atoms with Gasteiger partial charge < -0.3 is 10.5 Å². The van der Waals surface area contributed by atoms with Gasteiger partial charge in [-0.15, -0.1) is 11.3 Å². The summed E-state index contributed by atoms with van der Waals surface area (Å²) in [5.74, 6) is 0.806. The molecule has 3 N–H and O–H groups in total. The monoisotopic (exact) mass is 337 g/mol. The fourth-order valence-electron chi connectivity index (χ4n) is 1.84. The van der Waals surface area contributed by atoms with Gasteiger partial charge in [-0.2, -0.15) is 5.10 Å². The van der Waals surface area contributed by atoms with Crippen molar-refractivity contribution in [1.82, 2.24) is 5.43 Å². The number of hydrogen-bond donors (Lipinski definition) is 2. The molecular weight excluding hydrogens is 322 g/mol. The molecule has 0 aliphatic heterocycles. The van der Waals surface area contributed by atoms with Gasteiger partial charge in [-0.1, -0.05) is 11.6 Å². The summed E-state index contributed by atoms with van der Waals surface area (Å²) in [6.45, 7) is 4.42. The number of halogens is 1. The molecule has 2 amide bonds. The molecule has 0 saturated carbocycles. The Morgan fingerprint density at radius 1 is 1.45 bits per heavy atom. The third kappa shape index (κ3) is 4.47. The smallest absolute Gasteiger partial charge is 0.332 e. The van der Waals surface area contributed by atoms with Gasteiger partial charge in [-0.05, 0) is 43.7 Å². The van der Waals surface area contributed by atoms with Crippen LogP contribution in [0.25, 0.3) is 0 Å². The van der Waals surface area contributed by atoms with Gasteiger partial charge in [0.1, 0.15) is 12.4 Å². The van der Waals surface area contributed by atoms with Crippen molar-refractivity contribution in [1.29, 1.82) is 0 Å². The summed E-state index contributed by atoms with van der Waals surface area (Å²) in [5.41, 5.74) is 9.17. The summed E-state index contributed by atoms with van der Waals surface area (Å²) in [4.78, 5) is 12.6. The maximum absolute atomic E-state index is 10.5. The SMILES string of the molecule is Cc1cc(Cl)ccc1OCc1cc(/C=N/NC(N)=O)sc1C. The minimum absolute atomic E-state index is 0.460. The number of amides is 2. The number of hydrogen-bond acceptors (Lipinski definition) is 4. The molecule has 116 valence electrons. The number of urea groups is 1. The van der Waals surface area contributed by atoms with Crippen molar-refractivity contribution in [2.24, 2.45) is 10.8 Å². The van der Waals surface area contributed by atoms with Crippen molar-refractivity contribution in [3.63, 3.8) is 0 Å². The second kappa shape index (κ2) is 7.29. The lowest BCUT2D eigenvalue weighted by molar-refractivity contribution is 0.249. The fourth-order valence-corrected chi connectivity index (χ4v) is 2.98. The number of rotatable bonds is 5. The van der Waals surface area contributed by atoms with E-state index in [1.54, 1.807) is 23.6 Å². The third-order valence-corrected chi connectivity index (χ3v) is 4.19. The summed E-state index contributed by atoms with van der Waals surface area (Å²) >= 11 is 7.49. The number of carbonyl (C=O) groups excluding carboxylic acids is 1. The van der Waals surface area contributed by atoms with E-state index in [-0.39, 0.29) is 0 Å². The van der Waals surface area contributed by atoms with Crippen molar-refractivity contribution in [3.8, 4) is 5.75 Å². The Morgan fingerprint density at radius 3 is 2.91 bits per heavy atom. The zero-order chi connectivity index (χ0) is 16.1. The van der Waals surface area contributed by atoms with Crippen LogP contribution < -0.4 is 15.9 Å². The second-order valence-corrected chi connectivity index (χ2v) is 6.39. The Morgan fingerprint density at radius 2 is 2.23 bits per heavy atom. The molecule has 22 heavy (non-hydrogen) atoms. The average Bonchev–Trinajstić information content (AvgIpc) is 2.78. The first-order valence-electron chi connectivity index (χ1n) is 6.52. The Labute approximate surface area is 137 Å². The van der Waals surface area contributed by atoms with Gasteiger partial charge in [0.25, 0.3) is 0 Å². The van der Waals surface area contributed by atoms with Crippen molar-refractivity contribution in [3.05, 3.63) is 50.2 Å². The van der Waals surface area contributed by atoms with E-state index >= 15 is 0 Å². The van der Waals surface area contributed by atoms with Gasteiger partial charge in [0.15, 0.2) is 0 Å². The number of nitrogens with zero attached hydrogens (tertiary/aromatic N) is 1. The summed E-state index contributed by atoms with van der Waals surface area (Å²) in [6.07, 6.45) is 1.56. The Kier molecular flexibility index (Phi) is 5.41. The van der Waals surface area contributed by atoms with E-state index in [4.69, 9.17) is 22.1 Å².